The van der Waals surface area contributed by atoms with Gasteiger partial charge in [0.15, 0.2) is 0 Å². The molecule has 35 heavy (non-hydrogen) atoms. The summed E-state index contributed by atoms with van der Waals surface area (Å²) in [4.78, 5) is 19.9. The first-order valence-corrected chi connectivity index (χ1v) is 12.5. The SMILES string of the molecule is CN(C(=O)c1ncc2c(c1-c1ccccc1)c1ccccc1n2S(=O)(=O)N(C)C)c1ccccc1. The fourth-order valence-electron chi connectivity index (χ4n) is 4.31. The van der Waals surface area contributed by atoms with Crippen molar-refractivity contribution >= 4 is 43.6 Å². The van der Waals surface area contributed by atoms with Gasteiger partial charge in [-0.25, -0.2) is 8.96 Å². The molecule has 0 spiro atoms. The van der Waals surface area contributed by atoms with E-state index in [2.05, 4.69) is 4.98 Å². The van der Waals surface area contributed by atoms with Crippen molar-refractivity contribution in [3.63, 3.8) is 0 Å². The molecule has 0 radical (unpaired) electrons. The summed E-state index contributed by atoms with van der Waals surface area (Å²) in [6.07, 6.45) is 1.48. The summed E-state index contributed by atoms with van der Waals surface area (Å²) in [5.41, 5.74) is 3.30. The van der Waals surface area contributed by atoms with Crippen LogP contribution in [-0.2, 0) is 10.2 Å². The lowest BCUT2D eigenvalue weighted by molar-refractivity contribution is 0.0989. The first-order valence-electron chi connectivity index (χ1n) is 11.1. The molecule has 0 aliphatic heterocycles. The summed E-state index contributed by atoms with van der Waals surface area (Å²) in [7, 11) is 0.831. The van der Waals surface area contributed by atoms with Gasteiger partial charge in [-0.1, -0.05) is 66.7 Å². The lowest BCUT2D eigenvalue weighted by atomic mass is 9.97. The molecule has 0 unspecified atom stereocenters. The highest BCUT2D eigenvalue weighted by molar-refractivity contribution is 7.87. The molecule has 1 amide bonds. The number of benzene rings is 3. The Balaban J connectivity index is 1.90. The van der Waals surface area contributed by atoms with E-state index in [1.807, 2.05) is 72.8 Å². The second kappa shape index (κ2) is 8.65. The third-order valence-corrected chi connectivity index (χ3v) is 7.85. The molecule has 0 saturated heterocycles. The maximum absolute atomic E-state index is 13.8. The van der Waals surface area contributed by atoms with Gasteiger partial charge in [-0.3, -0.25) is 4.79 Å². The van der Waals surface area contributed by atoms with E-state index in [4.69, 9.17) is 0 Å². The number of carbonyl (C=O) groups is 1. The Bertz CT molecular complexity index is 1660. The molecule has 8 heteroatoms. The van der Waals surface area contributed by atoms with Crippen LogP contribution in [0.15, 0.2) is 91.1 Å². The maximum atomic E-state index is 13.8. The number of aromatic nitrogens is 2. The van der Waals surface area contributed by atoms with Gasteiger partial charge in [-0.05, 0) is 23.8 Å². The van der Waals surface area contributed by atoms with Gasteiger partial charge in [-0.2, -0.15) is 12.7 Å². The highest BCUT2D eigenvalue weighted by atomic mass is 32.2. The zero-order chi connectivity index (χ0) is 24.7. The summed E-state index contributed by atoms with van der Waals surface area (Å²) in [6, 6.07) is 26.1. The smallest absolute Gasteiger partial charge is 0.308 e. The number of pyridine rings is 1. The highest BCUT2D eigenvalue weighted by Crippen LogP contribution is 2.39. The monoisotopic (exact) mass is 484 g/mol. The zero-order valence-corrected chi connectivity index (χ0v) is 20.4. The molecule has 0 atom stereocenters. The number of amides is 1. The van der Waals surface area contributed by atoms with Crippen molar-refractivity contribution in [3.8, 4) is 11.1 Å². The van der Waals surface area contributed by atoms with Crippen LogP contribution < -0.4 is 4.90 Å². The third kappa shape index (κ3) is 3.67. The number of hydrogen-bond donors (Lipinski definition) is 0. The minimum atomic E-state index is -3.86. The average molecular weight is 485 g/mol. The topological polar surface area (TPSA) is 75.5 Å². The number of para-hydroxylation sites is 2. The van der Waals surface area contributed by atoms with E-state index in [1.54, 1.807) is 24.1 Å². The first kappa shape index (κ1) is 22.8. The normalized spacial score (nSPS) is 11.9. The van der Waals surface area contributed by atoms with Crippen LogP contribution in [0.5, 0.6) is 0 Å². The number of hydrogen-bond acceptors (Lipinski definition) is 4. The molecule has 0 aliphatic rings. The Morgan fingerprint density at radius 1 is 0.800 bits per heavy atom. The van der Waals surface area contributed by atoms with Crippen molar-refractivity contribution in [3.05, 3.63) is 96.8 Å². The van der Waals surface area contributed by atoms with Crippen LogP contribution >= 0.6 is 0 Å². The van der Waals surface area contributed by atoms with Crippen molar-refractivity contribution in [2.75, 3.05) is 26.0 Å². The molecular formula is C27H24N4O3S. The second-order valence-corrected chi connectivity index (χ2v) is 10.4. The van der Waals surface area contributed by atoms with Crippen LogP contribution in [0.1, 0.15) is 10.5 Å². The molecular weight excluding hydrogens is 460 g/mol. The van der Waals surface area contributed by atoms with Gasteiger partial charge < -0.3 is 4.90 Å². The van der Waals surface area contributed by atoms with Crippen molar-refractivity contribution < 1.29 is 13.2 Å². The van der Waals surface area contributed by atoms with Crippen molar-refractivity contribution in [2.45, 2.75) is 0 Å². The fourth-order valence-corrected chi connectivity index (χ4v) is 5.43. The van der Waals surface area contributed by atoms with Gasteiger partial charge in [0, 0.05) is 43.2 Å². The van der Waals surface area contributed by atoms with Gasteiger partial charge >= 0.3 is 10.2 Å². The maximum Gasteiger partial charge on any atom is 0.308 e. The number of fused-ring (bicyclic) bond motifs is 3. The average Bonchev–Trinajstić information content (AvgIpc) is 3.23. The van der Waals surface area contributed by atoms with Crippen LogP contribution in [0.2, 0.25) is 0 Å². The molecule has 5 rings (SSSR count). The predicted octanol–water partition coefficient (Wildman–Crippen LogP) is 4.79. The molecule has 2 aromatic heterocycles. The molecule has 3 aromatic carbocycles. The number of rotatable bonds is 5. The summed E-state index contributed by atoms with van der Waals surface area (Å²) >= 11 is 0. The van der Waals surface area contributed by atoms with Crippen molar-refractivity contribution in [1.29, 1.82) is 0 Å². The summed E-state index contributed by atoms with van der Waals surface area (Å²) in [5.74, 6) is -0.288. The minimum absolute atomic E-state index is 0.250. The molecule has 0 N–H and O–H groups in total. The van der Waals surface area contributed by atoms with Crippen LogP contribution in [0.4, 0.5) is 5.69 Å². The largest absolute Gasteiger partial charge is 0.310 e. The zero-order valence-electron chi connectivity index (χ0n) is 19.6. The van der Waals surface area contributed by atoms with E-state index < -0.39 is 10.2 Å². The van der Waals surface area contributed by atoms with Crippen LogP contribution in [0, 0.1) is 0 Å². The number of carbonyl (C=O) groups excluding carboxylic acids is 1. The molecule has 5 aromatic rings. The fraction of sp³-hybridized carbons (Fsp3) is 0.111. The molecule has 2 heterocycles. The van der Waals surface area contributed by atoms with E-state index in [0.717, 1.165) is 16.6 Å². The Hall–Kier alpha value is -4.01. The quantitative estimate of drug-likeness (QED) is 0.360. The van der Waals surface area contributed by atoms with Gasteiger partial charge in [0.25, 0.3) is 5.91 Å². The lowest BCUT2D eigenvalue weighted by Gasteiger charge is -2.19. The van der Waals surface area contributed by atoms with Crippen LogP contribution in [0.3, 0.4) is 0 Å². The summed E-state index contributed by atoms with van der Waals surface area (Å²) in [6.45, 7) is 0. The van der Waals surface area contributed by atoms with E-state index in [-0.39, 0.29) is 11.6 Å². The number of nitrogens with zero attached hydrogens (tertiary/aromatic N) is 4. The van der Waals surface area contributed by atoms with Gasteiger partial charge in [-0.15, -0.1) is 0 Å². The third-order valence-electron chi connectivity index (χ3n) is 6.08. The van der Waals surface area contributed by atoms with Gasteiger partial charge in [0.1, 0.15) is 5.69 Å². The molecule has 0 bridgehead atoms. The Morgan fingerprint density at radius 3 is 2.06 bits per heavy atom. The Labute approximate surface area is 204 Å². The van der Waals surface area contributed by atoms with Gasteiger partial charge in [0.05, 0.1) is 17.2 Å². The standard InChI is InChI=1S/C27H24N4O3S/c1-29(2)35(33,34)31-22-17-11-10-16-21(22)25-23(31)18-28-26(24(25)19-12-6-4-7-13-19)27(32)30(3)20-14-8-5-9-15-20/h4-18H,1-3H3. The first-order chi connectivity index (χ1) is 16.8. The molecule has 7 nitrogen and oxygen atoms in total. The van der Waals surface area contributed by atoms with E-state index >= 15 is 0 Å². The lowest BCUT2D eigenvalue weighted by Crippen LogP contribution is -2.29. The van der Waals surface area contributed by atoms with Gasteiger partial charge in [0.2, 0.25) is 0 Å². The van der Waals surface area contributed by atoms with E-state index in [1.165, 1.54) is 28.6 Å². The highest BCUT2D eigenvalue weighted by Gasteiger charge is 2.29. The van der Waals surface area contributed by atoms with Crippen LogP contribution in [-0.4, -0.2) is 48.7 Å². The number of anilines is 1. The van der Waals surface area contributed by atoms with Crippen molar-refractivity contribution in [2.24, 2.45) is 0 Å². The van der Waals surface area contributed by atoms with E-state index in [9.17, 15) is 13.2 Å². The Morgan fingerprint density at radius 2 is 1.40 bits per heavy atom. The summed E-state index contributed by atoms with van der Waals surface area (Å²) in [5, 5.41) is 1.39. The minimum Gasteiger partial charge on any atom is -0.310 e. The second-order valence-electron chi connectivity index (χ2n) is 8.38. The molecule has 0 saturated carbocycles. The molecule has 176 valence electrons. The predicted molar refractivity (Wildman–Crippen MR) is 140 cm³/mol. The Kier molecular flexibility index (Phi) is 5.62. The van der Waals surface area contributed by atoms with Crippen LogP contribution in [0.25, 0.3) is 32.9 Å². The van der Waals surface area contributed by atoms with Crippen molar-refractivity contribution in [1.82, 2.24) is 13.3 Å². The molecule has 0 fully saturated rings. The summed E-state index contributed by atoms with van der Waals surface area (Å²) < 4.78 is 29.2. The molecule has 0 aliphatic carbocycles. The van der Waals surface area contributed by atoms with E-state index in [0.29, 0.717) is 22.0 Å².